The van der Waals surface area contributed by atoms with Gasteiger partial charge in [-0.3, -0.25) is 20.4 Å². The van der Waals surface area contributed by atoms with Crippen molar-refractivity contribution >= 4 is 23.2 Å². The van der Waals surface area contributed by atoms with Crippen molar-refractivity contribution in [2.45, 2.75) is 45.4 Å². The zero-order valence-corrected chi connectivity index (χ0v) is 13.7. The molecule has 2 aliphatic carbocycles. The Hall–Kier alpha value is -1.62. The standard InChI is InChI=1S/C17H22N2O2S/c1-11-7-8-14-13(9-11)10-15(22-14)17(21)19-18-16(20)12-5-3-2-4-6-12/h2-3,10-12H,4-9H2,1H3,(H,18,20)(H,19,21)/t11-,12-/m0/s1. The number of carbonyl (C=O) groups is 2. The maximum absolute atomic E-state index is 12.2. The highest BCUT2D eigenvalue weighted by Gasteiger charge is 2.22. The van der Waals surface area contributed by atoms with Crippen molar-refractivity contribution in [3.63, 3.8) is 0 Å². The van der Waals surface area contributed by atoms with E-state index in [2.05, 4.69) is 23.9 Å². The summed E-state index contributed by atoms with van der Waals surface area (Å²) in [4.78, 5) is 26.2. The second-order valence-electron chi connectivity index (χ2n) is 6.33. The third kappa shape index (κ3) is 3.40. The number of carbonyl (C=O) groups excluding carboxylic acids is 2. The van der Waals surface area contributed by atoms with Crippen LogP contribution in [0.4, 0.5) is 0 Å². The third-order valence-corrected chi connectivity index (χ3v) is 5.73. The first kappa shape index (κ1) is 15.3. The Morgan fingerprint density at radius 3 is 2.86 bits per heavy atom. The Labute approximate surface area is 135 Å². The zero-order valence-electron chi connectivity index (χ0n) is 12.9. The maximum atomic E-state index is 12.2. The van der Waals surface area contributed by atoms with Gasteiger partial charge in [-0.15, -0.1) is 11.3 Å². The van der Waals surface area contributed by atoms with Crippen LogP contribution in [0.2, 0.25) is 0 Å². The lowest BCUT2D eigenvalue weighted by atomic mass is 9.90. The number of hydrogen-bond donors (Lipinski definition) is 2. The molecule has 5 heteroatoms. The highest BCUT2D eigenvalue weighted by molar-refractivity contribution is 7.14. The average molecular weight is 318 g/mol. The van der Waals surface area contributed by atoms with Crippen LogP contribution in [0.25, 0.3) is 0 Å². The van der Waals surface area contributed by atoms with Crippen molar-refractivity contribution in [1.29, 1.82) is 0 Å². The molecule has 2 N–H and O–H groups in total. The Morgan fingerprint density at radius 2 is 2.09 bits per heavy atom. The van der Waals surface area contributed by atoms with Crippen LogP contribution >= 0.6 is 11.3 Å². The van der Waals surface area contributed by atoms with E-state index in [0.717, 1.165) is 32.1 Å². The summed E-state index contributed by atoms with van der Waals surface area (Å²) >= 11 is 1.56. The quantitative estimate of drug-likeness (QED) is 0.650. The fraction of sp³-hybridized carbons (Fsp3) is 0.529. The van der Waals surface area contributed by atoms with Gasteiger partial charge in [-0.25, -0.2) is 0 Å². The van der Waals surface area contributed by atoms with Gasteiger partial charge in [-0.2, -0.15) is 0 Å². The summed E-state index contributed by atoms with van der Waals surface area (Å²) in [5.41, 5.74) is 6.44. The lowest BCUT2D eigenvalue weighted by molar-refractivity contribution is -0.126. The molecule has 0 aliphatic heterocycles. The van der Waals surface area contributed by atoms with Crippen molar-refractivity contribution in [1.82, 2.24) is 10.9 Å². The highest BCUT2D eigenvalue weighted by Crippen LogP contribution is 2.32. The molecular weight excluding hydrogens is 296 g/mol. The number of amides is 2. The molecule has 2 atom stereocenters. The predicted octanol–water partition coefficient (Wildman–Crippen LogP) is 2.99. The Balaban J connectivity index is 1.56. The van der Waals surface area contributed by atoms with Crippen LogP contribution in [0, 0.1) is 11.8 Å². The molecule has 4 nitrogen and oxygen atoms in total. The molecule has 22 heavy (non-hydrogen) atoms. The summed E-state index contributed by atoms with van der Waals surface area (Å²) in [6.07, 6.45) is 9.98. The summed E-state index contributed by atoms with van der Waals surface area (Å²) in [6.45, 7) is 2.25. The summed E-state index contributed by atoms with van der Waals surface area (Å²) in [5, 5.41) is 0. The van der Waals surface area contributed by atoms with Crippen molar-refractivity contribution < 1.29 is 9.59 Å². The molecule has 2 aliphatic rings. The third-order valence-electron chi connectivity index (χ3n) is 4.49. The molecule has 3 rings (SSSR count). The number of rotatable bonds is 2. The number of thiophene rings is 1. The first-order valence-corrected chi connectivity index (χ1v) is 8.82. The number of allylic oxidation sites excluding steroid dienone is 2. The van der Waals surface area contributed by atoms with Gasteiger partial charge < -0.3 is 0 Å². The highest BCUT2D eigenvalue weighted by atomic mass is 32.1. The minimum atomic E-state index is -0.202. The van der Waals surface area contributed by atoms with Crippen LogP contribution in [-0.4, -0.2) is 11.8 Å². The fourth-order valence-electron chi connectivity index (χ4n) is 3.13. The van der Waals surface area contributed by atoms with E-state index in [-0.39, 0.29) is 17.7 Å². The van der Waals surface area contributed by atoms with Crippen molar-refractivity contribution in [3.05, 3.63) is 33.5 Å². The molecule has 0 saturated heterocycles. The van der Waals surface area contributed by atoms with Gasteiger partial charge in [-0.05, 0) is 56.1 Å². The molecule has 0 saturated carbocycles. The number of hydrazine groups is 1. The summed E-state index contributed by atoms with van der Waals surface area (Å²) < 4.78 is 0. The molecule has 118 valence electrons. The van der Waals surface area contributed by atoms with Crippen LogP contribution in [0.3, 0.4) is 0 Å². The molecule has 1 aromatic rings. The second-order valence-corrected chi connectivity index (χ2v) is 7.47. The van der Waals surface area contributed by atoms with E-state index in [4.69, 9.17) is 0 Å². The fourth-order valence-corrected chi connectivity index (χ4v) is 4.24. The van der Waals surface area contributed by atoms with Crippen molar-refractivity contribution in [2.24, 2.45) is 11.8 Å². The molecule has 1 heterocycles. The van der Waals surface area contributed by atoms with Gasteiger partial charge in [-0.1, -0.05) is 19.1 Å². The minimum absolute atomic E-state index is 0.0253. The van der Waals surface area contributed by atoms with Crippen LogP contribution in [-0.2, 0) is 17.6 Å². The SMILES string of the molecule is C[C@H]1CCc2sc(C(=O)NNC(=O)[C@H]3CC=CCC3)cc2C1. The van der Waals surface area contributed by atoms with Gasteiger partial charge in [0.2, 0.25) is 5.91 Å². The smallest absolute Gasteiger partial charge is 0.273 e. The number of fused-ring (bicyclic) bond motifs is 1. The molecule has 0 bridgehead atoms. The molecule has 1 aromatic heterocycles. The normalized spacial score (nSPS) is 23.7. The maximum Gasteiger partial charge on any atom is 0.279 e. The predicted molar refractivity (Wildman–Crippen MR) is 87.6 cm³/mol. The molecular formula is C17H22N2O2S. The van der Waals surface area contributed by atoms with Crippen LogP contribution < -0.4 is 10.9 Å². The number of nitrogens with one attached hydrogen (secondary N) is 2. The van der Waals surface area contributed by atoms with E-state index < -0.39 is 0 Å². The summed E-state index contributed by atoms with van der Waals surface area (Å²) in [7, 11) is 0. The molecule has 2 amide bonds. The first-order chi connectivity index (χ1) is 10.6. The number of aryl methyl sites for hydroxylation is 1. The van der Waals surface area contributed by atoms with Gasteiger partial charge >= 0.3 is 0 Å². The molecule has 0 fully saturated rings. The van der Waals surface area contributed by atoms with E-state index in [1.54, 1.807) is 11.3 Å². The van der Waals surface area contributed by atoms with Gasteiger partial charge in [0.1, 0.15) is 0 Å². The molecule has 0 aromatic carbocycles. The monoisotopic (exact) mass is 318 g/mol. The van der Waals surface area contributed by atoms with Crippen LogP contribution in [0.15, 0.2) is 18.2 Å². The lowest BCUT2D eigenvalue weighted by Crippen LogP contribution is -2.44. The van der Waals surface area contributed by atoms with E-state index in [0.29, 0.717) is 10.8 Å². The summed E-state index contributed by atoms with van der Waals surface area (Å²) in [6, 6.07) is 1.99. The van der Waals surface area contributed by atoms with E-state index in [1.165, 1.54) is 16.9 Å². The number of hydrogen-bond acceptors (Lipinski definition) is 3. The Morgan fingerprint density at radius 1 is 1.23 bits per heavy atom. The topological polar surface area (TPSA) is 58.2 Å². The van der Waals surface area contributed by atoms with E-state index in [9.17, 15) is 9.59 Å². The van der Waals surface area contributed by atoms with Gasteiger partial charge in [0.15, 0.2) is 0 Å². The Kier molecular flexibility index (Phi) is 4.62. The molecule has 0 unspecified atom stereocenters. The zero-order chi connectivity index (χ0) is 15.5. The first-order valence-electron chi connectivity index (χ1n) is 8.00. The largest absolute Gasteiger partial charge is 0.279 e. The van der Waals surface area contributed by atoms with Crippen molar-refractivity contribution in [3.8, 4) is 0 Å². The van der Waals surface area contributed by atoms with Gasteiger partial charge in [0.05, 0.1) is 4.88 Å². The summed E-state index contributed by atoms with van der Waals surface area (Å²) in [5.74, 6) is 0.374. The lowest BCUT2D eigenvalue weighted by Gasteiger charge is -2.17. The van der Waals surface area contributed by atoms with Gasteiger partial charge in [0.25, 0.3) is 5.91 Å². The Bertz CT molecular complexity index is 606. The van der Waals surface area contributed by atoms with Crippen LogP contribution in [0.5, 0.6) is 0 Å². The molecule has 0 radical (unpaired) electrons. The minimum Gasteiger partial charge on any atom is -0.273 e. The molecule has 0 spiro atoms. The van der Waals surface area contributed by atoms with Crippen LogP contribution in [0.1, 0.15) is 52.7 Å². The average Bonchev–Trinajstić information content (AvgIpc) is 2.96. The van der Waals surface area contributed by atoms with E-state index >= 15 is 0 Å². The second kappa shape index (κ2) is 6.65. The van der Waals surface area contributed by atoms with Gasteiger partial charge in [0, 0.05) is 10.8 Å². The van der Waals surface area contributed by atoms with Crippen molar-refractivity contribution in [2.75, 3.05) is 0 Å². The van der Waals surface area contributed by atoms with E-state index in [1.807, 2.05) is 12.1 Å².